The van der Waals surface area contributed by atoms with E-state index in [-0.39, 0.29) is 0 Å². The molecule has 90 valence electrons. The fraction of sp³-hybridized carbons (Fsp3) is 0.929. The summed E-state index contributed by atoms with van der Waals surface area (Å²) >= 11 is 0. The Bertz CT molecular complexity index is 286. The van der Waals surface area contributed by atoms with E-state index >= 15 is 0 Å². The zero-order valence-electron chi connectivity index (χ0n) is 10.3. The highest BCUT2D eigenvalue weighted by Gasteiger charge is 2.36. The average Bonchev–Trinajstić information content (AvgIpc) is 2.72. The molecule has 2 heteroatoms. The molecule has 2 aliphatic carbocycles. The molecule has 0 radical (unpaired) electrons. The van der Waals surface area contributed by atoms with Gasteiger partial charge in [0, 0.05) is 5.92 Å². The molecule has 3 rings (SSSR count). The van der Waals surface area contributed by atoms with Crippen LogP contribution in [-0.2, 0) is 4.74 Å². The highest BCUT2D eigenvalue weighted by atomic mass is 16.5. The van der Waals surface area contributed by atoms with Crippen LogP contribution in [-0.4, -0.2) is 18.0 Å². The van der Waals surface area contributed by atoms with Crippen LogP contribution in [0.4, 0.5) is 0 Å². The molecule has 0 N–H and O–H groups in total. The Morgan fingerprint density at radius 1 is 1.06 bits per heavy atom. The molecule has 4 unspecified atom stereocenters. The number of fused-ring (bicyclic) bond motifs is 1. The first kappa shape index (κ1) is 10.6. The summed E-state index contributed by atoms with van der Waals surface area (Å²) in [7, 11) is 0. The van der Waals surface area contributed by atoms with E-state index in [1.54, 1.807) is 0 Å². The number of hydrogen-bond donors (Lipinski definition) is 0. The minimum absolute atomic E-state index is 0.445. The third kappa shape index (κ3) is 1.99. The fourth-order valence-corrected chi connectivity index (χ4v) is 3.57. The van der Waals surface area contributed by atoms with Crippen LogP contribution in [0.3, 0.4) is 0 Å². The van der Waals surface area contributed by atoms with E-state index in [9.17, 15) is 0 Å². The van der Waals surface area contributed by atoms with Crippen LogP contribution in [0.2, 0.25) is 0 Å². The molecule has 3 aliphatic rings. The van der Waals surface area contributed by atoms with Crippen molar-refractivity contribution < 1.29 is 4.74 Å². The largest absolute Gasteiger partial charge is 0.475 e. The van der Waals surface area contributed by atoms with E-state index < -0.39 is 0 Å². The van der Waals surface area contributed by atoms with Gasteiger partial charge in [-0.15, -0.1) is 0 Å². The normalized spacial score (nSPS) is 43.4. The zero-order chi connectivity index (χ0) is 11.0. The number of hydrogen-bond acceptors (Lipinski definition) is 2. The second kappa shape index (κ2) is 4.38. The molecule has 2 fully saturated rings. The average molecular weight is 221 g/mol. The summed E-state index contributed by atoms with van der Waals surface area (Å²) in [5.41, 5.74) is 0. The lowest BCUT2D eigenvalue weighted by Crippen LogP contribution is -2.27. The lowest BCUT2D eigenvalue weighted by atomic mass is 9.82. The highest BCUT2D eigenvalue weighted by Crippen LogP contribution is 2.35. The molecule has 0 saturated heterocycles. The maximum absolute atomic E-state index is 6.10. The number of ether oxygens (including phenoxy) is 1. The molecular weight excluding hydrogens is 198 g/mol. The van der Waals surface area contributed by atoms with Gasteiger partial charge in [-0.05, 0) is 38.0 Å². The molecule has 0 amide bonds. The molecule has 2 saturated carbocycles. The predicted octanol–water partition coefficient (Wildman–Crippen LogP) is 3.55. The Hall–Kier alpha value is -0.530. The summed E-state index contributed by atoms with van der Waals surface area (Å²) in [5.74, 6) is 2.64. The van der Waals surface area contributed by atoms with Gasteiger partial charge in [0.15, 0.2) is 5.90 Å². The standard InChI is InChI=1S/C14H23NO/c1-10-5-4-6-11(9-10)14-15-12-7-2-3-8-13(12)16-14/h10-13H,2-9H2,1H3. The van der Waals surface area contributed by atoms with Crippen LogP contribution in [0.5, 0.6) is 0 Å². The van der Waals surface area contributed by atoms with Crippen LogP contribution < -0.4 is 0 Å². The summed E-state index contributed by atoms with van der Waals surface area (Å²) < 4.78 is 6.10. The minimum atomic E-state index is 0.445. The van der Waals surface area contributed by atoms with Crippen molar-refractivity contribution in [3.8, 4) is 0 Å². The summed E-state index contributed by atoms with van der Waals surface area (Å²) in [5, 5.41) is 0. The highest BCUT2D eigenvalue weighted by molar-refractivity contribution is 5.80. The maximum Gasteiger partial charge on any atom is 0.187 e. The SMILES string of the molecule is CC1CCCC(C2=NC3CCCCC3O2)C1. The fourth-order valence-electron chi connectivity index (χ4n) is 3.57. The summed E-state index contributed by atoms with van der Waals surface area (Å²) in [4.78, 5) is 4.86. The van der Waals surface area contributed by atoms with Gasteiger partial charge in [-0.3, -0.25) is 0 Å². The lowest BCUT2D eigenvalue weighted by Gasteiger charge is -2.27. The number of aliphatic imine (C=N–C) groups is 1. The van der Waals surface area contributed by atoms with Gasteiger partial charge in [0.1, 0.15) is 6.10 Å². The van der Waals surface area contributed by atoms with E-state index in [4.69, 9.17) is 9.73 Å². The Morgan fingerprint density at radius 3 is 2.75 bits per heavy atom. The van der Waals surface area contributed by atoms with Gasteiger partial charge in [0.05, 0.1) is 6.04 Å². The van der Waals surface area contributed by atoms with E-state index in [2.05, 4.69) is 6.92 Å². The molecule has 0 aromatic heterocycles. The van der Waals surface area contributed by atoms with Crippen molar-refractivity contribution in [3.63, 3.8) is 0 Å². The van der Waals surface area contributed by atoms with Gasteiger partial charge in [0.25, 0.3) is 0 Å². The van der Waals surface area contributed by atoms with Gasteiger partial charge in [0.2, 0.25) is 0 Å². The molecule has 16 heavy (non-hydrogen) atoms. The first-order valence-corrected chi connectivity index (χ1v) is 7.07. The topological polar surface area (TPSA) is 21.6 Å². The number of nitrogens with zero attached hydrogens (tertiary/aromatic N) is 1. The van der Waals surface area contributed by atoms with Gasteiger partial charge in [-0.2, -0.15) is 0 Å². The Morgan fingerprint density at radius 2 is 1.94 bits per heavy atom. The first-order chi connectivity index (χ1) is 7.83. The summed E-state index contributed by atoms with van der Waals surface area (Å²) in [6, 6.07) is 0.515. The molecular formula is C14H23NO. The van der Waals surface area contributed by atoms with Crippen LogP contribution in [0, 0.1) is 11.8 Å². The van der Waals surface area contributed by atoms with Crippen molar-refractivity contribution in [2.24, 2.45) is 16.8 Å². The Kier molecular flexibility index (Phi) is 2.91. The second-order valence-corrected chi connectivity index (χ2v) is 5.94. The molecule has 0 aromatic carbocycles. The molecule has 2 nitrogen and oxygen atoms in total. The molecule has 0 aromatic rings. The second-order valence-electron chi connectivity index (χ2n) is 5.94. The quantitative estimate of drug-likeness (QED) is 0.663. The van der Waals surface area contributed by atoms with E-state index in [1.165, 1.54) is 51.4 Å². The van der Waals surface area contributed by atoms with Crippen LogP contribution in [0.25, 0.3) is 0 Å². The van der Waals surface area contributed by atoms with Crippen molar-refractivity contribution in [2.45, 2.75) is 70.4 Å². The molecule has 0 bridgehead atoms. The third-order valence-electron chi connectivity index (χ3n) is 4.52. The van der Waals surface area contributed by atoms with Crippen LogP contribution in [0.15, 0.2) is 4.99 Å². The van der Waals surface area contributed by atoms with Crippen molar-refractivity contribution in [1.82, 2.24) is 0 Å². The smallest absolute Gasteiger partial charge is 0.187 e. The molecule has 0 spiro atoms. The van der Waals surface area contributed by atoms with Crippen molar-refractivity contribution in [3.05, 3.63) is 0 Å². The number of rotatable bonds is 1. The summed E-state index contributed by atoms with van der Waals surface area (Å²) in [6.45, 7) is 2.37. The lowest BCUT2D eigenvalue weighted by molar-refractivity contribution is 0.139. The molecule has 1 heterocycles. The predicted molar refractivity (Wildman–Crippen MR) is 65.7 cm³/mol. The van der Waals surface area contributed by atoms with E-state index in [0.717, 1.165) is 11.8 Å². The molecule has 1 aliphatic heterocycles. The van der Waals surface area contributed by atoms with Crippen LogP contribution >= 0.6 is 0 Å². The molecule has 4 atom stereocenters. The maximum atomic E-state index is 6.10. The Labute approximate surface area is 98.5 Å². The minimum Gasteiger partial charge on any atom is -0.475 e. The van der Waals surface area contributed by atoms with Crippen molar-refractivity contribution in [1.29, 1.82) is 0 Å². The van der Waals surface area contributed by atoms with E-state index in [0.29, 0.717) is 18.1 Å². The monoisotopic (exact) mass is 221 g/mol. The Balaban J connectivity index is 1.66. The van der Waals surface area contributed by atoms with Gasteiger partial charge in [-0.25, -0.2) is 4.99 Å². The summed E-state index contributed by atoms with van der Waals surface area (Å²) in [6.07, 6.45) is 11.0. The first-order valence-electron chi connectivity index (χ1n) is 7.07. The third-order valence-corrected chi connectivity index (χ3v) is 4.52. The van der Waals surface area contributed by atoms with Crippen molar-refractivity contribution in [2.75, 3.05) is 0 Å². The van der Waals surface area contributed by atoms with Gasteiger partial charge in [-0.1, -0.05) is 26.2 Å². The zero-order valence-corrected chi connectivity index (χ0v) is 10.3. The van der Waals surface area contributed by atoms with Gasteiger partial charge < -0.3 is 4.74 Å². The van der Waals surface area contributed by atoms with Gasteiger partial charge >= 0.3 is 0 Å². The van der Waals surface area contributed by atoms with E-state index in [1.807, 2.05) is 0 Å². The van der Waals surface area contributed by atoms with Crippen molar-refractivity contribution >= 4 is 5.90 Å². The van der Waals surface area contributed by atoms with Crippen LogP contribution in [0.1, 0.15) is 58.3 Å².